The molecule has 4 rings (SSSR count). The number of nitrogens with zero attached hydrogens (tertiary/aromatic N) is 2. The van der Waals surface area contributed by atoms with E-state index in [1.807, 2.05) is 0 Å². The van der Waals surface area contributed by atoms with Crippen molar-refractivity contribution in [3.63, 3.8) is 0 Å². The summed E-state index contributed by atoms with van der Waals surface area (Å²) in [7, 11) is 0. The standard InChI is InChI=1S/C21H25N3O2S/c22-11-15-19(20-16(25)6-5-7-17(20)26-21(15)23)18-10-14(13-27-18)12-24-8-3-1-2-4-9-24/h10,13,19H,1-9,12,23H2/t19-/m1/s1. The van der Waals surface area contributed by atoms with E-state index in [9.17, 15) is 10.1 Å². The fourth-order valence-corrected chi connectivity index (χ4v) is 5.34. The van der Waals surface area contributed by atoms with Crippen molar-refractivity contribution in [3.8, 4) is 6.07 Å². The summed E-state index contributed by atoms with van der Waals surface area (Å²) in [6.45, 7) is 3.22. The molecule has 0 saturated carbocycles. The average Bonchev–Trinajstić information content (AvgIpc) is 2.95. The van der Waals surface area contributed by atoms with Gasteiger partial charge in [0.1, 0.15) is 17.4 Å². The summed E-state index contributed by atoms with van der Waals surface area (Å²) in [5, 5.41) is 11.8. The van der Waals surface area contributed by atoms with Crippen LogP contribution in [0.2, 0.25) is 0 Å². The molecule has 0 unspecified atom stereocenters. The lowest BCUT2D eigenvalue weighted by atomic mass is 9.80. The Balaban J connectivity index is 1.63. The molecule has 0 bridgehead atoms. The number of likely N-dealkylation sites (tertiary alicyclic amines) is 1. The number of ketones is 1. The molecule has 0 amide bonds. The van der Waals surface area contributed by atoms with Gasteiger partial charge >= 0.3 is 0 Å². The van der Waals surface area contributed by atoms with Crippen LogP contribution in [0.4, 0.5) is 0 Å². The maximum atomic E-state index is 12.6. The molecular weight excluding hydrogens is 358 g/mol. The number of Topliss-reactive ketones (excluding diaryl/α,β-unsaturated/α-hetero) is 1. The van der Waals surface area contributed by atoms with Gasteiger partial charge in [-0.1, -0.05) is 12.8 Å². The molecule has 0 radical (unpaired) electrons. The molecular formula is C21H25N3O2S. The first-order valence-electron chi connectivity index (χ1n) is 9.81. The number of ether oxygens (including phenoxy) is 1. The van der Waals surface area contributed by atoms with E-state index in [4.69, 9.17) is 10.5 Å². The normalized spacial score (nSPS) is 24.3. The lowest BCUT2D eigenvalue weighted by Crippen LogP contribution is -2.27. The number of hydrogen-bond acceptors (Lipinski definition) is 6. The number of rotatable bonds is 3. The van der Waals surface area contributed by atoms with Crippen molar-refractivity contribution in [2.45, 2.75) is 57.4 Å². The number of hydrogen-bond donors (Lipinski definition) is 1. The third-order valence-electron chi connectivity index (χ3n) is 5.67. The van der Waals surface area contributed by atoms with Gasteiger partial charge in [0.25, 0.3) is 0 Å². The van der Waals surface area contributed by atoms with Crippen LogP contribution in [-0.4, -0.2) is 23.8 Å². The highest BCUT2D eigenvalue weighted by Gasteiger charge is 2.38. The summed E-state index contributed by atoms with van der Waals surface area (Å²) >= 11 is 1.62. The van der Waals surface area contributed by atoms with Crippen LogP contribution in [0.5, 0.6) is 0 Å². The van der Waals surface area contributed by atoms with Gasteiger partial charge in [0, 0.05) is 29.8 Å². The summed E-state index contributed by atoms with van der Waals surface area (Å²) in [4.78, 5) is 16.2. The van der Waals surface area contributed by atoms with Crippen molar-refractivity contribution in [3.05, 3.63) is 44.7 Å². The molecule has 2 aliphatic heterocycles. The fourth-order valence-electron chi connectivity index (χ4n) is 4.32. The molecule has 1 fully saturated rings. The fraction of sp³-hybridized carbons (Fsp3) is 0.524. The predicted molar refractivity (Wildman–Crippen MR) is 105 cm³/mol. The van der Waals surface area contributed by atoms with Crippen LogP contribution < -0.4 is 5.73 Å². The van der Waals surface area contributed by atoms with Gasteiger partial charge in [0.15, 0.2) is 5.78 Å². The van der Waals surface area contributed by atoms with Crippen LogP contribution in [0, 0.1) is 11.3 Å². The van der Waals surface area contributed by atoms with E-state index in [2.05, 4.69) is 22.4 Å². The van der Waals surface area contributed by atoms with Gasteiger partial charge in [0.2, 0.25) is 5.88 Å². The number of nitriles is 1. The second kappa shape index (κ2) is 7.87. The van der Waals surface area contributed by atoms with Crippen LogP contribution in [-0.2, 0) is 16.1 Å². The second-order valence-electron chi connectivity index (χ2n) is 7.59. The van der Waals surface area contributed by atoms with Gasteiger partial charge < -0.3 is 10.5 Å². The minimum atomic E-state index is -0.366. The molecule has 1 aliphatic carbocycles. The first-order valence-corrected chi connectivity index (χ1v) is 10.7. The summed E-state index contributed by atoms with van der Waals surface area (Å²) < 4.78 is 5.65. The molecule has 3 aliphatic rings. The number of carbonyl (C=O) groups excluding carboxylic acids is 1. The van der Waals surface area contributed by atoms with Crippen LogP contribution in [0.25, 0.3) is 0 Å². The Morgan fingerprint density at radius 3 is 2.74 bits per heavy atom. The monoisotopic (exact) mass is 383 g/mol. The Morgan fingerprint density at radius 2 is 2.00 bits per heavy atom. The third-order valence-corrected chi connectivity index (χ3v) is 6.71. The van der Waals surface area contributed by atoms with E-state index in [0.717, 1.165) is 30.9 Å². The molecule has 6 heteroatoms. The molecule has 0 aromatic carbocycles. The Morgan fingerprint density at radius 1 is 1.22 bits per heavy atom. The highest BCUT2D eigenvalue weighted by molar-refractivity contribution is 7.10. The van der Waals surface area contributed by atoms with Gasteiger partial charge in [0.05, 0.1) is 5.92 Å². The topological polar surface area (TPSA) is 79.4 Å². The molecule has 1 atom stereocenters. The van der Waals surface area contributed by atoms with Crippen molar-refractivity contribution in [2.24, 2.45) is 5.73 Å². The Bertz CT molecular complexity index is 838. The average molecular weight is 384 g/mol. The van der Waals surface area contributed by atoms with Crippen molar-refractivity contribution in [1.82, 2.24) is 4.90 Å². The molecule has 5 nitrogen and oxygen atoms in total. The van der Waals surface area contributed by atoms with Gasteiger partial charge in [-0.25, -0.2) is 0 Å². The molecule has 27 heavy (non-hydrogen) atoms. The first-order chi connectivity index (χ1) is 13.2. The first kappa shape index (κ1) is 18.3. The molecule has 1 aromatic rings. The quantitative estimate of drug-likeness (QED) is 0.855. The van der Waals surface area contributed by atoms with E-state index in [0.29, 0.717) is 29.7 Å². The molecule has 142 valence electrons. The van der Waals surface area contributed by atoms with Gasteiger partial charge in [-0.05, 0) is 49.4 Å². The smallest absolute Gasteiger partial charge is 0.205 e. The number of thiophene rings is 1. The van der Waals surface area contributed by atoms with E-state index < -0.39 is 0 Å². The SMILES string of the molecule is N#CC1=C(N)OC2=C(C(=O)CCC2)[C@H]1c1cc(CN2CCCCCC2)cs1. The zero-order valence-corrected chi connectivity index (χ0v) is 16.3. The minimum absolute atomic E-state index is 0.0870. The highest BCUT2D eigenvalue weighted by Crippen LogP contribution is 2.45. The van der Waals surface area contributed by atoms with E-state index in [1.54, 1.807) is 11.3 Å². The van der Waals surface area contributed by atoms with Gasteiger partial charge in [-0.15, -0.1) is 11.3 Å². The summed E-state index contributed by atoms with van der Waals surface area (Å²) in [5.41, 5.74) is 8.30. The number of allylic oxidation sites excluding steroid dienone is 3. The van der Waals surface area contributed by atoms with E-state index >= 15 is 0 Å². The van der Waals surface area contributed by atoms with Crippen LogP contribution >= 0.6 is 11.3 Å². The van der Waals surface area contributed by atoms with Crippen LogP contribution in [0.1, 0.15) is 61.3 Å². The molecule has 1 aromatic heterocycles. The molecule has 0 spiro atoms. The Labute approximate surface area is 164 Å². The maximum Gasteiger partial charge on any atom is 0.205 e. The predicted octanol–water partition coefficient (Wildman–Crippen LogP) is 3.94. The molecule has 3 heterocycles. The lowest BCUT2D eigenvalue weighted by Gasteiger charge is -2.30. The van der Waals surface area contributed by atoms with E-state index in [-0.39, 0.29) is 17.6 Å². The van der Waals surface area contributed by atoms with Crippen molar-refractivity contribution in [1.29, 1.82) is 5.26 Å². The molecule has 1 saturated heterocycles. The Kier molecular flexibility index (Phi) is 5.33. The van der Waals surface area contributed by atoms with Crippen molar-refractivity contribution in [2.75, 3.05) is 13.1 Å². The van der Waals surface area contributed by atoms with E-state index in [1.165, 1.54) is 31.2 Å². The van der Waals surface area contributed by atoms with Gasteiger partial charge in [-0.2, -0.15) is 5.26 Å². The zero-order valence-electron chi connectivity index (χ0n) is 15.5. The van der Waals surface area contributed by atoms with Gasteiger partial charge in [-0.3, -0.25) is 9.69 Å². The maximum absolute atomic E-state index is 12.6. The molecule has 2 N–H and O–H groups in total. The Hall–Kier alpha value is -2.10. The second-order valence-corrected chi connectivity index (χ2v) is 8.53. The van der Waals surface area contributed by atoms with Crippen molar-refractivity contribution < 1.29 is 9.53 Å². The minimum Gasteiger partial charge on any atom is -0.444 e. The number of carbonyl (C=O) groups is 1. The van der Waals surface area contributed by atoms with Crippen LogP contribution in [0.3, 0.4) is 0 Å². The largest absolute Gasteiger partial charge is 0.444 e. The van der Waals surface area contributed by atoms with Crippen LogP contribution in [0.15, 0.2) is 34.2 Å². The summed E-state index contributed by atoms with van der Waals surface area (Å²) in [6.07, 6.45) is 7.18. The zero-order chi connectivity index (χ0) is 18.8. The highest BCUT2D eigenvalue weighted by atomic mass is 32.1. The summed E-state index contributed by atoms with van der Waals surface area (Å²) in [6, 6.07) is 4.35. The van der Waals surface area contributed by atoms with Crippen molar-refractivity contribution >= 4 is 17.1 Å². The lowest BCUT2D eigenvalue weighted by molar-refractivity contribution is -0.116. The number of nitrogens with two attached hydrogens (primary N) is 1. The third kappa shape index (κ3) is 3.67. The summed E-state index contributed by atoms with van der Waals surface area (Å²) in [5.74, 6) is 0.534.